The van der Waals surface area contributed by atoms with Crippen LogP contribution in [-0.4, -0.2) is 16.8 Å². The van der Waals surface area contributed by atoms with E-state index in [-0.39, 0.29) is 5.41 Å². The highest BCUT2D eigenvalue weighted by Crippen LogP contribution is 2.36. The van der Waals surface area contributed by atoms with Crippen molar-refractivity contribution in [1.82, 2.24) is 5.32 Å². The molecule has 2 rings (SSSR count). The van der Waals surface area contributed by atoms with Crippen LogP contribution in [0.3, 0.4) is 0 Å². The molecule has 0 bridgehead atoms. The van der Waals surface area contributed by atoms with E-state index in [1.165, 1.54) is 44.9 Å². The predicted molar refractivity (Wildman–Crippen MR) is 78.9 cm³/mol. The monoisotopic (exact) mass is 315 g/mol. The van der Waals surface area contributed by atoms with Gasteiger partial charge in [-0.2, -0.15) is 0 Å². The Hall–Kier alpha value is -0.0500. The van der Waals surface area contributed by atoms with E-state index in [0.717, 1.165) is 19.3 Å². The van der Waals surface area contributed by atoms with Crippen molar-refractivity contribution in [1.29, 1.82) is 0 Å². The number of hydrogen-bond acceptors (Lipinski definition) is 1. The standard InChI is InChI=1S/C15H26BrNO/c1-15(10-6-3-7-11-15)14(18)17-13-9-5-2-4-8-12(13)16/h12-13H,2-11H2,1H3,(H,17,18). The number of carbonyl (C=O) groups excluding carboxylic acids is 1. The molecule has 3 heteroatoms. The molecule has 0 radical (unpaired) electrons. The molecule has 0 aliphatic heterocycles. The summed E-state index contributed by atoms with van der Waals surface area (Å²) in [6, 6.07) is 0.346. The highest BCUT2D eigenvalue weighted by Gasteiger charge is 2.36. The van der Waals surface area contributed by atoms with Crippen LogP contribution in [0.15, 0.2) is 0 Å². The number of halogens is 1. The second kappa shape index (κ2) is 6.40. The number of alkyl halides is 1. The fourth-order valence-corrected chi connectivity index (χ4v) is 4.05. The Kier molecular flexibility index (Phi) is 5.11. The van der Waals surface area contributed by atoms with E-state index in [1.807, 2.05) is 0 Å². The summed E-state index contributed by atoms with van der Waals surface area (Å²) in [7, 11) is 0. The molecule has 104 valence electrons. The molecule has 0 saturated heterocycles. The quantitative estimate of drug-likeness (QED) is 0.601. The van der Waals surface area contributed by atoms with Crippen molar-refractivity contribution in [3.05, 3.63) is 0 Å². The minimum Gasteiger partial charge on any atom is -0.352 e. The van der Waals surface area contributed by atoms with Crippen molar-refractivity contribution in [2.45, 2.75) is 82.0 Å². The summed E-state index contributed by atoms with van der Waals surface area (Å²) in [5, 5.41) is 3.33. The molecule has 2 unspecified atom stereocenters. The highest BCUT2D eigenvalue weighted by molar-refractivity contribution is 9.09. The van der Waals surface area contributed by atoms with Gasteiger partial charge in [0.25, 0.3) is 0 Å². The van der Waals surface area contributed by atoms with E-state index in [4.69, 9.17) is 0 Å². The fraction of sp³-hybridized carbons (Fsp3) is 0.933. The first-order chi connectivity index (χ1) is 8.62. The maximum absolute atomic E-state index is 12.5. The van der Waals surface area contributed by atoms with E-state index in [2.05, 4.69) is 28.2 Å². The van der Waals surface area contributed by atoms with Gasteiger partial charge in [-0.3, -0.25) is 4.79 Å². The van der Waals surface area contributed by atoms with Gasteiger partial charge in [0.05, 0.1) is 0 Å². The van der Waals surface area contributed by atoms with Crippen LogP contribution in [0.2, 0.25) is 0 Å². The van der Waals surface area contributed by atoms with Crippen LogP contribution in [0.5, 0.6) is 0 Å². The van der Waals surface area contributed by atoms with Gasteiger partial charge in [-0.1, -0.05) is 61.4 Å². The summed E-state index contributed by atoms with van der Waals surface area (Å²) in [6.07, 6.45) is 12.1. The van der Waals surface area contributed by atoms with Crippen LogP contribution in [0.4, 0.5) is 0 Å². The molecule has 2 saturated carbocycles. The van der Waals surface area contributed by atoms with Gasteiger partial charge in [0.15, 0.2) is 0 Å². The Morgan fingerprint density at radius 1 is 1.06 bits per heavy atom. The molecular formula is C15H26BrNO. The zero-order valence-corrected chi connectivity index (χ0v) is 13.1. The molecule has 1 N–H and O–H groups in total. The second-order valence-electron chi connectivity index (χ2n) is 6.36. The van der Waals surface area contributed by atoms with E-state index in [0.29, 0.717) is 16.8 Å². The highest BCUT2D eigenvalue weighted by atomic mass is 79.9. The molecule has 18 heavy (non-hydrogen) atoms. The topological polar surface area (TPSA) is 29.1 Å². The van der Waals surface area contributed by atoms with Gasteiger partial charge in [-0.25, -0.2) is 0 Å². The van der Waals surface area contributed by atoms with Crippen LogP contribution in [0.25, 0.3) is 0 Å². The van der Waals surface area contributed by atoms with Crippen molar-refractivity contribution >= 4 is 21.8 Å². The van der Waals surface area contributed by atoms with Crippen LogP contribution >= 0.6 is 15.9 Å². The SMILES string of the molecule is CC1(C(=O)NC2CCCCCC2Br)CCCCC1. The summed E-state index contributed by atoms with van der Waals surface area (Å²) in [5.74, 6) is 0.304. The van der Waals surface area contributed by atoms with E-state index >= 15 is 0 Å². The molecule has 2 aliphatic rings. The van der Waals surface area contributed by atoms with E-state index in [9.17, 15) is 4.79 Å². The molecule has 0 spiro atoms. The van der Waals surface area contributed by atoms with E-state index < -0.39 is 0 Å². The molecular weight excluding hydrogens is 290 g/mol. The smallest absolute Gasteiger partial charge is 0.226 e. The molecule has 2 fully saturated rings. The summed E-state index contributed by atoms with van der Waals surface area (Å²) in [5.41, 5.74) is -0.0999. The predicted octanol–water partition coefficient (Wildman–Crippen LogP) is 4.17. The number of amides is 1. The Labute approximate surface area is 119 Å². The van der Waals surface area contributed by atoms with Gasteiger partial charge in [-0.15, -0.1) is 0 Å². The summed E-state index contributed by atoms with van der Waals surface area (Å²) in [6.45, 7) is 2.15. The third kappa shape index (κ3) is 3.49. The third-order valence-electron chi connectivity index (χ3n) is 4.75. The zero-order chi connectivity index (χ0) is 13.0. The lowest BCUT2D eigenvalue weighted by Crippen LogP contribution is -2.47. The number of hydrogen-bond donors (Lipinski definition) is 1. The maximum atomic E-state index is 12.5. The average molecular weight is 316 g/mol. The number of rotatable bonds is 2. The number of nitrogens with one attached hydrogen (secondary N) is 1. The summed E-state index contributed by atoms with van der Waals surface area (Å²) < 4.78 is 0. The van der Waals surface area contributed by atoms with Gasteiger partial charge in [-0.05, 0) is 25.7 Å². The molecule has 1 amide bonds. The summed E-state index contributed by atoms with van der Waals surface area (Å²) >= 11 is 3.76. The number of carbonyl (C=O) groups is 1. The Morgan fingerprint density at radius 3 is 2.39 bits per heavy atom. The van der Waals surface area contributed by atoms with Crippen LogP contribution in [0.1, 0.15) is 71.1 Å². The zero-order valence-electron chi connectivity index (χ0n) is 11.5. The van der Waals surface area contributed by atoms with Crippen LogP contribution < -0.4 is 5.32 Å². The minimum atomic E-state index is -0.0999. The lowest BCUT2D eigenvalue weighted by atomic mass is 9.75. The average Bonchev–Trinajstić information content (AvgIpc) is 2.56. The van der Waals surface area contributed by atoms with Crippen molar-refractivity contribution in [3.8, 4) is 0 Å². The first-order valence-corrected chi connectivity index (χ1v) is 8.48. The lowest BCUT2D eigenvalue weighted by Gasteiger charge is -2.34. The Balaban J connectivity index is 1.92. The maximum Gasteiger partial charge on any atom is 0.226 e. The van der Waals surface area contributed by atoms with Gasteiger partial charge >= 0.3 is 0 Å². The summed E-state index contributed by atoms with van der Waals surface area (Å²) in [4.78, 5) is 13.0. The van der Waals surface area contributed by atoms with Gasteiger partial charge < -0.3 is 5.32 Å². The molecule has 2 nitrogen and oxygen atoms in total. The minimum absolute atomic E-state index is 0.0999. The van der Waals surface area contributed by atoms with Crippen molar-refractivity contribution in [2.24, 2.45) is 5.41 Å². The van der Waals surface area contributed by atoms with Crippen LogP contribution in [0, 0.1) is 5.41 Å². The van der Waals surface area contributed by atoms with Crippen LogP contribution in [-0.2, 0) is 4.79 Å². The fourth-order valence-electron chi connectivity index (χ4n) is 3.33. The second-order valence-corrected chi connectivity index (χ2v) is 7.53. The van der Waals surface area contributed by atoms with E-state index in [1.54, 1.807) is 0 Å². The molecule has 0 heterocycles. The normalized spacial score (nSPS) is 32.6. The molecule has 0 aromatic carbocycles. The van der Waals surface area contributed by atoms with Gasteiger partial charge in [0.2, 0.25) is 5.91 Å². The van der Waals surface area contributed by atoms with Crippen molar-refractivity contribution < 1.29 is 4.79 Å². The molecule has 2 atom stereocenters. The van der Waals surface area contributed by atoms with Crippen molar-refractivity contribution in [3.63, 3.8) is 0 Å². The lowest BCUT2D eigenvalue weighted by molar-refractivity contribution is -0.132. The Morgan fingerprint density at radius 2 is 1.67 bits per heavy atom. The van der Waals surface area contributed by atoms with Gasteiger partial charge in [0, 0.05) is 16.3 Å². The molecule has 0 aromatic rings. The first-order valence-electron chi connectivity index (χ1n) is 7.57. The van der Waals surface area contributed by atoms with Gasteiger partial charge in [0.1, 0.15) is 0 Å². The third-order valence-corrected chi connectivity index (χ3v) is 5.85. The molecule has 2 aliphatic carbocycles. The largest absolute Gasteiger partial charge is 0.352 e. The van der Waals surface area contributed by atoms with Crippen molar-refractivity contribution in [2.75, 3.05) is 0 Å². The Bertz CT molecular complexity index is 286. The first kappa shape index (κ1) is 14.4. The molecule has 0 aromatic heterocycles.